The van der Waals surface area contributed by atoms with Crippen molar-refractivity contribution in [2.75, 3.05) is 6.54 Å². The minimum Gasteiger partial charge on any atom is -0.309 e. The summed E-state index contributed by atoms with van der Waals surface area (Å²) in [5, 5.41) is 6.58. The largest absolute Gasteiger partial charge is 0.309 e. The highest BCUT2D eigenvalue weighted by atomic mass is 15.3. The molecular formula is C6H14N4. The van der Waals surface area contributed by atoms with Crippen LogP contribution >= 0.6 is 0 Å². The molecule has 0 aromatic carbocycles. The van der Waals surface area contributed by atoms with Crippen LogP contribution in [0.1, 0.15) is 26.2 Å². The second-order valence-corrected chi connectivity index (χ2v) is 1.99. The van der Waals surface area contributed by atoms with Crippen LogP contribution in [0.15, 0.2) is 10.2 Å². The fourth-order valence-electron chi connectivity index (χ4n) is 0.588. The maximum absolute atomic E-state index is 6.35. The van der Waals surface area contributed by atoms with Crippen LogP contribution in [0.4, 0.5) is 0 Å². The first-order chi connectivity index (χ1) is 4.91. The minimum atomic E-state index is 0.875. The van der Waals surface area contributed by atoms with E-state index in [1.165, 1.54) is 19.2 Å². The van der Waals surface area contributed by atoms with Crippen LogP contribution in [0.25, 0.3) is 0 Å². The molecule has 0 radical (unpaired) electrons. The highest BCUT2D eigenvalue weighted by molar-refractivity contribution is 5.53. The van der Waals surface area contributed by atoms with Crippen molar-refractivity contribution >= 4 is 6.34 Å². The third kappa shape index (κ3) is 7.07. The zero-order valence-electron chi connectivity index (χ0n) is 6.30. The number of nitrogens with one attached hydrogen (secondary N) is 2. The van der Waals surface area contributed by atoms with Crippen LogP contribution in [-0.2, 0) is 0 Å². The summed E-state index contributed by atoms with van der Waals surface area (Å²) < 4.78 is 0. The average molecular weight is 142 g/mol. The van der Waals surface area contributed by atoms with E-state index in [1.54, 1.807) is 0 Å². The van der Waals surface area contributed by atoms with Crippen LogP contribution in [0, 0.1) is 5.53 Å². The monoisotopic (exact) mass is 142 g/mol. The SMILES string of the molecule is CCCCCNN=CN=N. The first-order valence-corrected chi connectivity index (χ1v) is 3.52. The van der Waals surface area contributed by atoms with Gasteiger partial charge in [0.15, 0.2) is 6.34 Å². The van der Waals surface area contributed by atoms with Gasteiger partial charge in [0, 0.05) is 6.54 Å². The van der Waals surface area contributed by atoms with Gasteiger partial charge in [0.25, 0.3) is 0 Å². The molecule has 0 saturated heterocycles. The number of hydrogen-bond donors (Lipinski definition) is 2. The summed E-state index contributed by atoms with van der Waals surface area (Å²) in [6.07, 6.45) is 4.76. The van der Waals surface area contributed by atoms with Crippen molar-refractivity contribution in [1.82, 2.24) is 5.43 Å². The van der Waals surface area contributed by atoms with E-state index in [1.807, 2.05) is 0 Å². The standard InChI is InChI=1S/C6H14N4/c1-2-3-4-5-9-10-6-8-7/h6-7,9H,2-5H2,1H3. The molecule has 0 atom stereocenters. The third-order valence-electron chi connectivity index (χ3n) is 1.10. The van der Waals surface area contributed by atoms with Crippen molar-refractivity contribution in [2.45, 2.75) is 26.2 Å². The Kier molecular flexibility index (Phi) is 7.32. The number of hydrazone groups is 1. The second kappa shape index (κ2) is 8.07. The quantitative estimate of drug-likeness (QED) is 0.192. The molecular weight excluding hydrogens is 128 g/mol. The molecule has 0 unspecified atom stereocenters. The zero-order chi connectivity index (χ0) is 7.66. The maximum Gasteiger partial charge on any atom is 0.157 e. The topological polar surface area (TPSA) is 60.6 Å². The molecule has 4 heteroatoms. The van der Waals surface area contributed by atoms with Crippen LogP contribution < -0.4 is 5.43 Å². The Balaban J connectivity index is 2.90. The minimum absolute atomic E-state index is 0.875. The van der Waals surface area contributed by atoms with Crippen LogP contribution in [-0.4, -0.2) is 12.9 Å². The van der Waals surface area contributed by atoms with Gasteiger partial charge in [0.1, 0.15) is 0 Å². The molecule has 0 fully saturated rings. The van der Waals surface area contributed by atoms with Crippen LogP contribution in [0.5, 0.6) is 0 Å². The third-order valence-corrected chi connectivity index (χ3v) is 1.10. The second-order valence-electron chi connectivity index (χ2n) is 1.99. The van der Waals surface area contributed by atoms with Crippen molar-refractivity contribution < 1.29 is 0 Å². The summed E-state index contributed by atoms with van der Waals surface area (Å²) >= 11 is 0. The normalized spacial score (nSPS) is 10.1. The van der Waals surface area contributed by atoms with E-state index < -0.39 is 0 Å². The Bertz CT molecular complexity index is 99.9. The molecule has 0 aliphatic heterocycles. The van der Waals surface area contributed by atoms with E-state index in [0.29, 0.717) is 0 Å². The van der Waals surface area contributed by atoms with Crippen molar-refractivity contribution in [1.29, 1.82) is 5.53 Å². The Morgan fingerprint density at radius 3 is 2.90 bits per heavy atom. The first-order valence-electron chi connectivity index (χ1n) is 3.52. The Labute approximate surface area is 61.2 Å². The lowest BCUT2D eigenvalue weighted by Crippen LogP contribution is -2.06. The van der Waals surface area contributed by atoms with E-state index in [0.717, 1.165) is 13.0 Å². The lowest BCUT2D eigenvalue weighted by molar-refractivity contribution is 0.640. The predicted octanol–water partition coefficient (Wildman–Crippen LogP) is 1.74. The van der Waals surface area contributed by atoms with E-state index in [4.69, 9.17) is 5.53 Å². The van der Waals surface area contributed by atoms with Crippen LogP contribution in [0.2, 0.25) is 0 Å². The van der Waals surface area contributed by atoms with Gasteiger partial charge in [-0.2, -0.15) is 5.10 Å². The van der Waals surface area contributed by atoms with E-state index >= 15 is 0 Å². The smallest absolute Gasteiger partial charge is 0.157 e. The molecule has 0 saturated carbocycles. The van der Waals surface area contributed by atoms with Crippen molar-refractivity contribution in [2.24, 2.45) is 10.2 Å². The molecule has 0 rings (SSSR count). The van der Waals surface area contributed by atoms with E-state index in [2.05, 4.69) is 22.6 Å². The molecule has 58 valence electrons. The molecule has 0 aliphatic carbocycles. The van der Waals surface area contributed by atoms with Gasteiger partial charge in [0.2, 0.25) is 0 Å². The number of nitrogens with zero attached hydrogens (tertiary/aromatic N) is 2. The summed E-state index contributed by atoms with van der Waals surface area (Å²) in [5.74, 6) is 0. The molecule has 0 spiro atoms. The van der Waals surface area contributed by atoms with Crippen molar-refractivity contribution in [3.63, 3.8) is 0 Å². The number of hydrogen-bond acceptors (Lipinski definition) is 3. The number of unbranched alkanes of at least 4 members (excludes halogenated alkanes) is 2. The maximum atomic E-state index is 6.35. The molecule has 0 aliphatic rings. The summed E-state index contributed by atoms with van der Waals surface area (Å²) in [7, 11) is 0. The molecule has 0 aromatic heterocycles. The van der Waals surface area contributed by atoms with Gasteiger partial charge < -0.3 is 5.43 Å². The van der Waals surface area contributed by atoms with Gasteiger partial charge in [-0.15, -0.1) is 5.11 Å². The summed E-state index contributed by atoms with van der Waals surface area (Å²) in [5.41, 5.74) is 9.13. The highest BCUT2D eigenvalue weighted by Gasteiger charge is 1.81. The zero-order valence-corrected chi connectivity index (χ0v) is 6.30. The van der Waals surface area contributed by atoms with Crippen LogP contribution in [0.3, 0.4) is 0 Å². The molecule has 2 N–H and O–H groups in total. The Morgan fingerprint density at radius 2 is 2.30 bits per heavy atom. The summed E-state index contributed by atoms with van der Waals surface area (Å²) in [6, 6.07) is 0. The lowest BCUT2D eigenvalue weighted by Gasteiger charge is -1.95. The van der Waals surface area contributed by atoms with Crippen molar-refractivity contribution in [3.8, 4) is 0 Å². The van der Waals surface area contributed by atoms with Gasteiger partial charge >= 0.3 is 0 Å². The predicted molar refractivity (Wildman–Crippen MR) is 41.2 cm³/mol. The summed E-state index contributed by atoms with van der Waals surface area (Å²) in [4.78, 5) is 0. The molecule has 0 amide bonds. The Hall–Kier alpha value is -0.930. The molecule has 10 heavy (non-hydrogen) atoms. The molecule has 0 heterocycles. The summed E-state index contributed by atoms with van der Waals surface area (Å²) in [6.45, 7) is 3.03. The number of rotatable bonds is 6. The molecule has 0 bridgehead atoms. The van der Waals surface area contributed by atoms with Crippen molar-refractivity contribution in [3.05, 3.63) is 0 Å². The fraction of sp³-hybridized carbons (Fsp3) is 0.833. The van der Waals surface area contributed by atoms with Gasteiger partial charge in [-0.25, -0.2) is 5.53 Å². The van der Waals surface area contributed by atoms with E-state index in [9.17, 15) is 0 Å². The van der Waals surface area contributed by atoms with Gasteiger partial charge in [-0.3, -0.25) is 0 Å². The van der Waals surface area contributed by atoms with E-state index in [-0.39, 0.29) is 0 Å². The molecule has 4 nitrogen and oxygen atoms in total. The van der Waals surface area contributed by atoms with Gasteiger partial charge in [-0.1, -0.05) is 19.8 Å². The fourth-order valence-corrected chi connectivity index (χ4v) is 0.588. The Morgan fingerprint density at radius 1 is 1.50 bits per heavy atom. The molecule has 0 aromatic rings. The lowest BCUT2D eigenvalue weighted by atomic mass is 10.3. The van der Waals surface area contributed by atoms with Gasteiger partial charge in [0.05, 0.1) is 0 Å². The highest BCUT2D eigenvalue weighted by Crippen LogP contribution is 1.90. The average Bonchev–Trinajstić information content (AvgIpc) is 1.97. The first kappa shape index (κ1) is 9.07. The van der Waals surface area contributed by atoms with Gasteiger partial charge in [-0.05, 0) is 6.42 Å².